The smallest absolute Gasteiger partial charge is 0.323 e. The maximum Gasteiger partial charge on any atom is 0.323 e. The molecule has 0 saturated carbocycles. The van der Waals surface area contributed by atoms with Crippen LogP contribution in [0.5, 0.6) is 0 Å². The molecule has 0 aliphatic carbocycles. The van der Waals surface area contributed by atoms with E-state index in [9.17, 15) is 14.4 Å². The van der Waals surface area contributed by atoms with Gasteiger partial charge in [0.2, 0.25) is 5.91 Å². The topological polar surface area (TPSA) is 86.7 Å². The van der Waals surface area contributed by atoms with Gasteiger partial charge in [-0.05, 0) is 17.4 Å². The molecule has 7 heteroatoms. The van der Waals surface area contributed by atoms with Gasteiger partial charge in [-0.3, -0.25) is 14.4 Å². The molecule has 2 N–H and O–H groups in total. The Morgan fingerprint density at radius 2 is 2.05 bits per heavy atom. The van der Waals surface area contributed by atoms with Gasteiger partial charge in [-0.1, -0.05) is 19.9 Å². The molecule has 0 aromatic carbocycles. The van der Waals surface area contributed by atoms with Crippen molar-refractivity contribution in [3.8, 4) is 0 Å². The van der Waals surface area contributed by atoms with Gasteiger partial charge in [0.05, 0.1) is 4.88 Å². The van der Waals surface area contributed by atoms with Crippen molar-refractivity contribution >= 4 is 29.1 Å². The minimum Gasteiger partial charge on any atom is -0.480 e. The predicted molar refractivity (Wildman–Crippen MR) is 75.7 cm³/mol. The third-order valence-corrected chi connectivity index (χ3v) is 3.58. The molecule has 1 aromatic rings. The Morgan fingerprint density at radius 3 is 2.50 bits per heavy atom. The van der Waals surface area contributed by atoms with Crippen molar-refractivity contribution in [1.29, 1.82) is 0 Å². The van der Waals surface area contributed by atoms with Crippen molar-refractivity contribution in [3.63, 3.8) is 0 Å². The first-order valence-corrected chi connectivity index (χ1v) is 7.02. The van der Waals surface area contributed by atoms with Gasteiger partial charge in [0.25, 0.3) is 5.91 Å². The monoisotopic (exact) mass is 298 g/mol. The van der Waals surface area contributed by atoms with E-state index in [1.54, 1.807) is 31.4 Å². The summed E-state index contributed by atoms with van der Waals surface area (Å²) in [6.07, 6.45) is 0. The molecule has 20 heavy (non-hydrogen) atoms. The van der Waals surface area contributed by atoms with E-state index in [0.29, 0.717) is 4.88 Å². The van der Waals surface area contributed by atoms with Crippen LogP contribution >= 0.6 is 11.3 Å². The van der Waals surface area contributed by atoms with Crippen LogP contribution in [0.3, 0.4) is 0 Å². The van der Waals surface area contributed by atoms with E-state index in [0.717, 1.165) is 4.90 Å². The van der Waals surface area contributed by atoms with Crippen LogP contribution < -0.4 is 5.32 Å². The van der Waals surface area contributed by atoms with Gasteiger partial charge in [0.1, 0.15) is 12.6 Å². The third-order valence-electron chi connectivity index (χ3n) is 2.71. The maximum atomic E-state index is 12.2. The molecule has 0 saturated heterocycles. The lowest BCUT2D eigenvalue weighted by Crippen LogP contribution is -2.51. The number of aliphatic carboxylic acids is 1. The van der Waals surface area contributed by atoms with Gasteiger partial charge in [-0.2, -0.15) is 0 Å². The quantitative estimate of drug-likeness (QED) is 0.821. The predicted octanol–water partition coefficient (Wildman–Crippen LogP) is 1.05. The fourth-order valence-electron chi connectivity index (χ4n) is 1.65. The maximum absolute atomic E-state index is 12.2. The van der Waals surface area contributed by atoms with E-state index in [2.05, 4.69) is 5.32 Å². The summed E-state index contributed by atoms with van der Waals surface area (Å²) >= 11 is 1.28. The molecule has 110 valence electrons. The largest absolute Gasteiger partial charge is 0.480 e. The summed E-state index contributed by atoms with van der Waals surface area (Å²) in [5.74, 6) is -1.96. The molecule has 6 nitrogen and oxygen atoms in total. The normalized spacial score (nSPS) is 12.0. The van der Waals surface area contributed by atoms with Gasteiger partial charge >= 0.3 is 5.97 Å². The Balaban J connectivity index is 2.76. The average Bonchev–Trinajstić information content (AvgIpc) is 2.87. The van der Waals surface area contributed by atoms with Crippen LogP contribution in [0.1, 0.15) is 23.5 Å². The molecule has 0 aliphatic heterocycles. The Morgan fingerprint density at radius 1 is 1.40 bits per heavy atom. The van der Waals surface area contributed by atoms with Crippen molar-refractivity contribution in [2.24, 2.45) is 5.92 Å². The second-order valence-electron chi connectivity index (χ2n) is 4.76. The molecule has 0 fully saturated rings. The number of carbonyl (C=O) groups excluding carboxylic acids is 2. The first-order valence-electron chi connectivity index (χ1n) is 6.14. The zero-order valence-corrected chi connectivity index (χ0v) is 12.4. The fourth-order valence-corrected chi connectivity index (χ4v) is 2.28. The first-order chi connectivity index (χ1) is 9.32. The number of hydrogen-bond donors (Lipinski definition) is 2. The van der Waals surface area contributed by atoms with Gasteiger partial charge in [0, 0.05) is 7.05 Å². The third kappa shape index (κ3) is 4.34. The lowest BCUT2D eigenvalue weighted by molar-refractivity contribution is -0.144. The van der Waals surface area contributed by atoms with Crippen LogP contribution in [-0.2, 0) is 9.59 Å². The number of amides is 2. The second-order valence-corrected chi connectivity index (χ2v) is 5.71. The highest BCUT2D eigenvalue weighted by Crippen LogP contribution is 2.11. The Bertz CT molecular complexity index is 485. The van der Waals surface area contributed by atoms with Crippen LogP contribution in [0.15, 0.2) is 17.5 Å². The summed E-state index contributed by atoms with van der Waals surface area (Å²) in [4.78, 5) is 36.4. The van der Waals surface area contributed by atoms with Crippen molar-refractivity contribution < 1.29 is 19.5 Å². The van der Waals surface area contributed by atoms with Crippen molar-refractivity contribution in [3.05, 3.63) is 22.4 Å². The highest BCUT2D eigenvalue weighted by atomic mass is 32.1. The fraction of sp³-hybridized carbons (Fsp3) is 0.462. The number of carboxylic acid groups (broad SMARTS) is 1. The zero-order valence-electron chi connectivity index (χ0n) is 11.6. The molecule has 0 radical (unpaired) electrons. The van der Waals surface area contributed by atoms with Gasteiger partial charge in [0.15, 0.2) is 0 Å². The average molecular weight is 298 g/mol. The van der Waals surface area contributed by atoms with E-state index in [1.165, 1.54) is 18.4 Å². The van der Waals surface area contributed by atoms with Crippen molar-refractivity contribution in [2.45, 2.75) is 19.9 Å². The summed E-state index contributed by atoms with van der Waals surface area (Å²) in [5, 5.41) is 13.1. The minimum absolute atomic E-state index is 0.136. The Kier molecular flexibility index (Phi) is 5.69. The number of likely N-dealkylation sites (N-methyl/N-ethyl adjacent to an activating group) is 1. The number of carbonyl (C=O) groups is 3. The van der Waals surface area contributed by atoms with Crippen molar-refractivity contribution in [2.75, 3.05) is 13.6 Å². The first kappa shape index (κ1) is 16.2. The minimum atomic E-state index is -1.09. The number of hydrogen-bond acceptors (Lipinski definition) is 4. The summed E-state index contributed by atoms with van der Waals surface area (Å²) in [7, 11) is 1.41. The molecule has 1 aromatic heterocycles. The molecular formula is C13H18N2O4S. The second kappa shape index (κ2) is 7.04. The molecule has 1 heterocycles. The lowest BCUT2D eigenvalue weighted by atomic mass is 10.0. The van der Waals surface area contributed by atoms with Crippen LogP contribution in [0.4, 0.5) is 0 Å². The molecule has 0 bridgehead atoms. The lowest BCUT2D eigenvalue weighted by Gasteiger charge is -2.25. The van der Waals surface area contributed by atoms with Crippen LogP contribution in [0, 0.1) is 5.92 Å². The van der Waals surface area contributed by atoms with E-state index in [1.807, 2.05) is 0 Å². The van der Waals surface area contributed by atoms with Crippen LogP contribution in [0.25, 0.3) is 0 Å². The van der Waals surface area contributed by atoms with Crippen LogP contribution in [0.2, 0.25) is 0 Å². The highest BCUT2D eigenvalue weighted by molar-refractivity contribution is 7.12. The molecule has 2 amide bonds. The SMILES string of the molecule is CC(C)C(NC(=O)c1cccs1)C(=O)N(C)CC(=O)O. The standard InChI is InChI=1S/C13H18N2O4S/c1-8(2)11(13(19)15(3)7-10(16)17)14-12(18)9-5-4-6-20-9/h4-6,8,11H,7H2,1-3H3,(H,14,18)(H,16,17). The summed E-state index contributed by atoms with van der Waals surface area (Å²) in [6.45, 7) is 3.20. The zero-order chi connectivity index (χ0) is 15.3. The van der Waals surface area contributed by atoms with E-state index in [4.69, 9.17) is 5.11 Å². The molecule has 1 rings (SSSR count). The molecule has 1 unspecified atom stereocenters. The van der Waals surface area contributed by atoms with E-state index < -0.39 is 24.5 Å². The van der Waals surface area contributed by atoms with E-state index in [-0.39, 0.29) is 11.8 Å². The molecule has 0 aliphatic rings. The molecule has 0 spiro atoms. The molecular weight excluding hydrogens is 280 g/mol. The summed E-state index contributed by atoms with van der Waals surface area (Å²) in [6, 6.07) is 2.68. The summed E-state index contributed by atoms with van der Waals surface area (Å²) < 4.78 is 0. The number of thiophene rings is 1. The highest BCUT2D eigenvalue weighted by Gasteiger charge is 2.28. The number of nitrogens with one attached hydrogen (secondary N) is 1. The van der Waals surface area contributed by atoms with Gasteiger partial charge < -0.3 is 15.3 Å². The number of carboxylic acids is 1. The Hall–Kier alpha value is -1.89. The molecule has 1 atom stereocenters. The van der Waals surface area contributed by atoms with Gasteiger partial charge in [-0.15, -0.1) is 11.3 Å². The Labute approximate surface area is 121 Å². The van der Waals surface area contributed by atoms with Crippen molar-refractivity contribution in [1.82, 2.24) is 10.2 Å². The van der Waals surface area contributed by atoms with E-state index >= 15 is 0 Å². The summed E-state index contributed by atoms with van der Waals surface area (Å²) in [5.41, 5.74) is 0. The number of rotatable bonds is 6. The van der Waals surface area contributed by atoms with Crippen LogP contribution in [-0.4, -0.2) is 47.4 Å². The number of nitrogens with zero attached hydrogens (tertiary/aromatic N) is 1. The van der Waals surface area contributed by atoms with Gasteiger partial charge in [-0.25, -0.2) is 0 Å².